The molecule has 108 valence electrons. The van der Waals surface area contributed by atoms with Crippen LogP contribution in [0.5, 0.6) is 0 Å². The summed E-state index contributed by atoms with van der Waals surface area (Å²) in [5, 5.41) is 6.08. The Kier molecular flexibility index (Phi) is 5.41. The fourth-order valence-corrected chi connectivity index (χ4v) is 1.96. The molecule has 0 saturated heterocycles. The second-order valence-electron chi connectivity index (χ2n) is 4.67. The van der Waals surface area contributed by atoms with Gasteiger partial charge in [-0.3, -0.25) is 0 Å². The van der Waals surface area contributed by atoms with Crippen LogP contribution >= 0.6 is 11.6 Å². The molecule has 2 rings (SSSR count). The fourth-order valence-electron chi connectivity index (χ4n) is 1.76. The van der Waals surface area contributed by atoms with Gasteiger partial charge in [-0.1, -0.05) is 59.6 Å². The zero-order valence-electron chi connectivity index (χ0n) is 11.8. The van der Waals surface area contributed by atoms with Gasteiger partial charge < -0.3 is 10.6 Å². The number of halogens is 1. The van der Waals surface area contributed by atoms with E-state index in [0.717, 1.165) is 11.1 Å². The molecule has 4 heteroatoms. The molecule has 0 spiro atoms. The van der Waals surface area contributed by atoms with E-state index in [0.29, 0.717) is 11.6 Å². The van der Waals surface area contributed by atoms with Crippen molar-refractivity contribution in [1.29, 1.82) is 0 Å². The monoisotopic (exact) mass is 300 g/mol. The molecule has 0 aliphatic carbocycles. The molecule has 0 bridgehead atoms. The van der Waals surface area contributed by atoms with Crippen molar-refractivity contribution in [2.75, 3.05) is 0 Å². The maximum atomic E-state index is 11.7. The maximum absolute atomic E-state index is 11.7. The molecule has 0 radical (unpaired) electrons. The van der Waals surface area contributed by atoms with Crippen molar-refractivity contribution in [2.45, 2.75) is 13.5 Å². The third-order valence-electron chi connectivity index (χ3n) is 2.96. The second kappa shape index (κ2) is 7.50. The summed E-state index contributed by atoms with van der Waals surface area (Å²) in [5.41, 5.74) is 3.12. The normalized spacial score (nSPS) is 10.6. The van der Waals surface area contributed by atoms with Gasteiger partial charge in [0.2, 0.25) is 0 Å². The maximum Gasteiger partial charge on any atom is 0.319 e. The molecule has 3 nitrogen and oxygen atoms in total. The number of nitrogens with one attached hydrogen (secondary N) is 2. The van der Waals surface area contributed by atoms with Crippen LogP contribution in [-0.4, -0.2) is 6.03 Å². The second-order valence-corrected chi connectivity index (χ2v) is 5.07. The van der Waals surface area contributed by atoms with Crippen molar-refractivity contribution < 1.29 is 4.79 Å². The molecule has 0 fully saturated rings. The van der Waals surface area contributed by atoms with E-state index >= 15 is 0 Å². The molecule has 2 N–H and O–H groups in total. The zero-order valence-corrected chi connectivity index (χ0v) is 12.5. The van der Waals surface area contributed by atoms with Gasteiger partial charge in [0, 0.05) is 17.8 Å². The van der Waals surface area contributed by atoms with Crippen LogP contribution < -0.4 is 10.6 Å². The number of urea groups is 1. The van der Waals surface area contributed by atoms with Crippen LogP contribution in [0, 0.1) is 6.92 Å². The van der Waals surface area contributed by atoms with Crippen LogP contribution in [0.3, 0.4) is 0 Å². The average Bonchev–Trinajstić information content (AvgIpc) is 2.49. The zero-order chi connectivity index (χ0) is 15.1. The lowest BCUT2D eigenvalue weighted by Gasteiger charge is -2.05. The van der Waals surface area contributed by atoms with Crippen molar-refractivity contribution in [2.24, 2.45) is 0 Å². The highest BCUT2D eigenvalue weighted by Gasteiger charge is 1.98. The lowest BCUT2D eigenvalue weighted by atomic mass is 10.1. The summed E-state index contributed by atoms with van der Waals surface area (Å²) in [5.74, 6) is 0. The lowest BCUT2D eigenvalue weighted by Crippen LogP contribution is -2.31. The van der Waals surface area contributed by atoms with Crippen LogP contribution in [0.2, 0.25) is 5.02 Å². The van der Waals surface area contributed by atoms with E-state index in [4.69, 9.17) is 11.6 Å². The Balaban J connectivity index is 1.80. The average molecular weight is 301 g/mol. The quantitative estimate of drug-likeness (QED) is 0.876. The van der Waals surface area contributed by atoms with Crippen LogP contribution in [0.1, 0.15) is 16.7 Å². The first kappa shape index (κ1) is 15.1. The number of carbonyl (C=O) groups excluding carboxylic acids is 1. The van der Waals surface area contributed by atoms with Gasteiger partial charge in [0.1, 0.15) is 0 Å². The molecule has 2 amide bonds. The molecule has 21 heavy (non-hydrogen) atoms. The largest absolute Gasteiger partial charge is 0.334 e. The van der Waals surface area contributed by atoms with E-state index in [-0.39, 0.29) is 6.03 Å². The minimum atomic E-state index is -0.251. The van der Waals surface area contributed by atoms with Gasteiger partial charge in [0.15, 0.2) is 0 Å². The van der Waals surface area contributed by atoms with Crippen molar-refractivity contribution in [1.82, 2.24) is 10.6 Å². The standard InChI is InChI=1S/C17H17ClN2O/c1-13-6-8-14(9-7-13)12-20-17(21)19-11-10-15-4-2-3-5-16(15)18/h2-11H,12H2,1H3,(H2,19,20,21)/b11-10+. The van der Waals surface area contributed by atoms with Crippen molar-refractivity contribution in [3.63, 3.8) is 0 Å². The minimum Gasteiger partial charge on any atom is -0.334 e. The van der Waals surface area contributed by atoms with Gasteiger partial charge in [-0.15, -0.1) is 0 Å². The smallest absolute Gasteiger partial charge is 0.319 e. The predicted molar refractivity (Wildman–Crippen MR) is 87.0 cm³/mol. The molecule has 0 unspecified atom stereocenters. The Morgan fingerprint density at radius 2 is 1.86 bits per heavy atom. The predicted octanol–water partition coefficient (Wildman–Crippen LogP) is 4.12. The van der Waals surface area contributed by atoms with E-state index < -0.39 is 0 Å². The number of aryl methyl sites for hydroxylation is 1. The van der Waals surface area contributed by atoms with E-state index in [9.17, 15) is 4.79 Å². The minimum absolute atomic E-state index is 0.251. The summed E-state index contributed by atoms with van der Waals surface area (Å²) in [6.45, 7) is 2.52. The van der Waals surface area contributed by atoms with E-state index in [1.165, 1.54) is 5.56 Å². The summed E-state index contributed by atoms with van der Waals surface area (Å²) in [7, 11) is 0. The number of amides is 2. The Morgan fingerprint density at radius 1 is 1.14 bits per heavy atom. The van der Waals surface area contributed by atoms with Gasteiger partial charge in [-0.2, -0.15) is 0 Å². The van der Waals surface area contributed by atoms with E-state index in [1.54, 1.807) is 18.3 Å². The number of carbonyl (C=O) groups is 1. The Bertz CT molecular complexity index is 635. The highest BCUT2D eigenvalue weighted by Crippen LogP contribution is 2.15. The first-order valence-electron chi connectivity index (χ1n) is 6.66. The van der Waals surface area contributed by atoms with Crippen LogP contribution in [0.4, 0.5) is 4.79 Å². The summed E-state index contributed by atoms with van der Waals surface area (Å²) in [4.78, 5) is 11.7. The van der Waals surface area contributed by atoms with Gasteiger partial charge in [-0.25, -0.2) is 4.79 Å². The summed E-state index contributed by atoms with van der Waals surface area (Å²) in [6.07, 6.45) is 3.33. The van der Waals surface area contributed by atoms with Crippen molar-refractivity contribution in [3.8, 4) is 0 Å². The van der Waals surface area contributed by atoms with Gasteiger partial charge in [0.25, 0.3) is 0 Å². The van der Waals surface area contributed by atoms with Crippen LogP contribution in [0.25, 0.3) is 6.08 Å². The number of hydrogen-bond acceptors (Lipinski definition) is 1. The van der Waals surface area contributed by atoms with Crippen molar-refractivity contribution in [3.05, 3.63) is 76.4 Å². The molecule has 0 aromatic heterocycles. The molecular formula is C17H17ClN2O. The van der Waals surface area contributed by atoms with Crippen molar-refractivity contribution >= 4 is 23.7 Å². The number of rotatable bonds is 4. The summed E-state index contributed by atoms with van der Waals surface area (Å²) in [6, 6.07) is 15.2. The Hall–Kier alpha value is -2.26. The van der Waals surface area contributed by atoms with Gasteiger partial charge in [-0.05, 0) is 30.2 Å². The summed E-state index contributed by atoms with van der Waals surface area (Å²) < 4.78 is 0. The van der Waals surface area contributed by atoms with Crippen LogP contribution in [0.15, 0.2) is 54.7 Å². The molecule has 0 saturated carbocycles. The molecule has 0 aliphatic heterocycles. The Morgan fingerprint density at radius 3 is 2.57 bits per heavy atom. The van der Waals surface area contributed by atoms with Gasteiger partial charge >= 0.3 is 6.03 Å². The van der Waals surface area contributed by atoms with E-state index in [1.807, 2.05) is 49.4 Å². The Labute approximate surface area is 129 Å². The van der Waals surface area contributed by atoms with Crippen LogP contribution in [-0.2, 0) is 6.54 Å². The molecule has 0 atom stereocenters. The highest BCUT2D eigenvalue weighted by molar-refractivity contribution is 6.32. The SMILES string of the molecule is Cc1ccc(CNC(=O)N/C=C/c2ccccc2Cl)cc1. The third kappa shape index (κ3) is 4.97. The lowest BCUT2D eigenvalue weighted by molar-refractivity contribution is 0.244. The molecule has 2 aromatic rings. The molecule has 0 heterocycles. The topological polar surface area (TPSA) is 41.1 Å². The summed E-state index contributed by atoms with van der Waals surface area (Å²) >= 11 is 6.01. The van der Waals surface area contributed by atoms with E-state index in [2.05, 4.69) is 10.6 Å². The molecule has 0 aliphatic rings. The fraction of sp³-hybridized carbons (Fsp3) is 0.118. The highest BCUT2D eigenvalue weighted by atomic mass is 35.5. The molecular weight excluding hydrogens is 284 g/mol. The van der Waals surface area contributed by atoms with Gasteiger partial charge in [0.05, 0.1) is 0 Å². The first-order chi connectivity index (χ1) is 10.1. The third-order valence-corrected chi connectivity index (χ3v) is 3.30. The number of benzene rings is 2. The first-order valence-corrected chi connectivity index (χ1v) is 7.04. The molecule has 2 aromatic carbocycles. The number of hydrogen-bond donors (Lipinski definition) is 2.